The zero-order valence-corrected chi connectivity index (χ0v) is 10.5. The Bertz CT molecular complexity index is 585. The fraction of sp³-hybridized carbons (Fsp3) is 0.333. The lowest BCUT2D eigenvalue weighted by Crippen LogP contribution is -2.40. The molecule has 2 N–H and O–H groups in total. The summed E-state index contributed by atoms with van der Waals surface area (Å²) < 4.78 is 60.8. The molecule has 0 saturated heterocycles. The van der Waals surface area contributed by atoms with Gasteiger partial charge in [-0.1, -0.05) is 0 Å². The van der Waals surface area contributed by atoms with Crippen molar-refractivity contribution >= 4 is 15.7 Å². The molecular formula is C9H9F3N2O5S. The first-order valence-electron chi connectivity index (χ1n) is 5.03. The first-order valence-corrected chi connectivity index (χ1v) is 6.51. The minimum Gasteiger partial charge on any atom is -0.382 e. The molecule has 112 valence electrons. The summed E-state index contributed by atoms with van der Waals surface area (Å²) in [5.74, 6) is 0. The summed E-state index contributed by atoms with van der Waals surface area (Å²) in [5.41, 5.74) is -0.362. The van der Waals surface area contributed by atoms with Gasteiger partial charge in [0, 0.05) is 18.7 Å². The lowest BCUT2D eigenvalue weighted by Gasteiger charge is -2.15. The van der Waals surface area contributed by atoms with Crippen molar-refractivity contribution in [3.05, 3.63) is 34.4 Å². The van der Waals surface area contributed by atoms with Crippen LogP contribution in [-0.2, 0) is 10.0 Å². The fourth-order valence-corrected chi connectivity index (χ4v) is 2.17. The summed E-state index contributed by atoms with van der Waals surface area (Å²) in [6.07, 6.45) is -7.78. The summed E-state index contributed by atoms with van der Waals surface area (Å²) in [7, 11) is -4.29. The van der Waals surface area contributed by atoms with E-state index in [1.54, 1.807) is 4.72 Å². The van der Waals surface area contributed by atoms with Crippen molar-refractivity contribution in [2.45, 2.75) is 17.2 Å². The molecule has 7 nitrogen and oxygen atoms in total. The van der Waals surface area contributed by atoms with Gasteiger partial charge in [0.25, 0.3) is 5.69 Å². The highest BCUT2D eigenvalue weighted by Crippen LogP contribution is 2.20. The van der Waals surface area contributed by atoms with Crippen LogP contribution >= 0.6 is 0 Å². The molecule has 0 aromatic heterocycles. The molecule has 1 aromatic rings. The normalized spacial score (nSPS) is 14.0. The smallest absolute Gasteiger partial charge is 0.382 e. The summed E-state index contributed by atoms with van der Waals surface area (Å²) in [4.78, 5) is 9.17. The Balaban J connectivity index is 2.82. The zero-order chi connectivity index (χ0) is 15.6. The van der Waals surface area contributed by atoms with Crippen molar-refractivity contribution < 1.29 is 31.6 Å². The molecule has 0 bridgehead atoms. The minimum absolute atomic E-state index is 0.362. The standard InChI is InChI=1S/C9H9F3N2O5S/c10-9(11,12)8(15)5-13-20(18,19)7-3-1-6(2-4-7)14(16)17/h1-4,8,13,15H,5H2. The van der Waals surface area contributed by atoms with Crippen LogP contribution in [0.2, 0.25) is 0 Å². The van der Waals surface area contributed by atoms with E-state index in [4.69, 9.17) is 5.11 Å². The third kappa shape index (κ3) is 4.15. The van der Waals surface area contributed by atoms with Crippen LogP contribution in [-0.4, -0.2) is 37.3 Å². The van der Waals surface area contributed by atoms with E-state index < -0.39 is 38.7 Å². The van der Waals surface area contributed by atoms with E-state index in [-0.39, 0.29) is 5.69 Å². The second kappa shape index (κ2) is 5.73. The van der Waals surface area contributed by atoms with Crippen molar-refractivity contribution in [2.75, 3.05) is 6.54 Å². The van der Waals surface area contributed by atoms with E-state index in [1.165, 1.54) is 0 Å². The topological polar surface area (TPSA) is 110 Å². The maximum Gasteiger partial charge on any atom is 0.415 e. The molecule has 11 heteroatoms. The molecule has 0 fully saturated rings. The van der Waals surface area contributed by atoms with Crippen LogP contribution in [0.1, 0.15) is 0 Å². The molecule has 0 saturated carbocycles. The molecule has 0 aliphatic heterocycles. The van der Waals surface area contributed by atoms with Gasteiger partial charge in [0.15, 0.2) is 6.10 Å². The molecule has 0 amide bonds. The molecule has 1 rings (SSSR count). The zero-order valence-electron chi connectivity index (χ0n) is 9.66. The Labute approximate surface area is 111 Å². The Hall–Kier alpha value is -1.72. The van der Waals surface area contributed by atoms with Crippen LogP contribution in [0.25, 0.3) is 0 Å². The number of aliphatic hydroxyl groups excluding tert-OH is 1. The molecule has 1 atom stereocenters. The number of halogens is 3. The number of alkyl halides is 3. The predicted molar refractivity (Wildman–Crippen MR) is 60.3 cm³/mol. The molecule has 0 aliphatic carbocycles. The van der Waals surface area contributed by atoms with E-state index >= 15 is 0 Å². The van der Waals surface area contributed by atoms with E-state index in [0.717, 1.165) is 24.3 Å². The van der Waals surface area contributed by atoms with Crippen molar-refractivity contribution in [1.82, 2.24) is 4.72 Å². The predicted octanol–water partition coefficient (Wildman–Crippen LogP) is 0.796. The summed E-state index contributed by atoms with van der Waals surface area (Å²) in [6.45, 7) is -1.25. The number of hydrogen-bond acceptors (Lipinski definition) is 5. The highest BCUT2D eigenvalue weighted by Gasteiger charge is 2.38. The van der Waals surface area contributed by atoms with Crippen LogP contribution in [0.4, 0.5) is 18.9 Å². The number of non-ortho nitro benzene ring substituents is 1. The van der Waals surface area contributed by atoms with Gasteiger partial charge in [-0.2, -0.15) is 13.2 Å². The lowest BCUT2D eigenvalue weighted by atomic mass is 10.3. The number of aliphatic hydroxyl groups is 1. The molecule has 1 unspecified atom stereocenters. The van der Waals surface area contributed by atoms with E-state index in [1.807, 2.05) is 0 Å². The van der Waals surface area contributed by atoms with E-state index in [0.29, 0.717) is 0 Å². The molecule has 0 aliphatic rings. The van der Waals surface area contributed by atoms with Crippen molar-refractivity contribution in [2.24, 2.45) is 0 Å². The Morgan fingerprint density at radius 2 is 1.80 bits per heavy atom. The third-order valence-corrected chi connectivity index (χ3v) is 3.64. The SMILES string of the molecule is O=[N+]([O-])c1ccc(S(=O)(=O)NCC(O)C(F)(F)F)cc1. The number of nitrogens with one attached hydrogen (secondary N) is 1. The fourth-order valence-electron chi connectivity index (χ4n) is 1.13. The monoisotopic (exact) mass is 314 g/mol. The molecule has 0 spiro atoms. The van der Waals surface area contributed by atoms with Gasteiger partial charge in [-0.25, -0.2) is 13.1 Å². The van der Waals surface area contributed by atoms with E-state index in [2.05, 4.69) is 0 Å². The lowest BCUT2D eigenvalue weighted by molar-refractivity contribution is -0.384. The first kappa shape index (κ1) is 16.3. The Kier molecular flexibility index (Phi) is 4.68. The average molecular weight is 314 g/mol. The van der Waals surface area contributed by atoms with Gasteiger partial charge >= 0.3 is 6.18 Å². The third-order valence-electron chi connectivity index (χ3n) is 2.20. The van der Waals surface area contributed by atoms with Crippen LogP contribution in [0.15, 0.2) is 29.2 Å². The highest BCUT2D eigenvalue weighted by atomic mass is 32.2. The number of nitro groups is 1. The summed E-state index contributed by atoms with van der Waals surface area (Å²) >= 11 is 0. The number of rotatable bonds is 5. The maximum absolute atomic E-state index is 12.0. The van der Waals surface area contributed by atoms with Crippen LogP contribution in [0.5, 0.6) is 0 Å². The molecule has 0 heterocycles. The van der Waals surface area contributed by atoms with Gasteiger partial charge in [-0.05, 0) is 12.1 Å². The first-order chi connectivity index (χ1) is 9.04. The van der Waals surface area contributed by atoms with Gasteiger partial charge in [0.2, 0.25) is 10.0 Å². The largest absolute Gasteiger partial charge is 0.415 e. The number of benzene rings is 1. The quantitative estimate of drug-likeness (QED) is 0.617. The van der Waals surface area contributed by atoms with Gasteiger partial charge in [0.1, 0.15) is 0 Å². The van der Waals surface area contributed by atoms with Crippen LogP contribution in [0, 0.1) is 10.1 Å². The number of nitro benzene ring substituents is 1. The van der Waals surface area contributed by atoms with Gasteiger partial charge in [-0.15, -0.1) is 0 Å². The number of nitrogens with zero attached hydrogens (tertiary/aromatic N) is 1. The number of hydrogen-bond donors (Lipinski definition) is 2. The van der Waals surface area contributed by atoms with E-state index in [9.17, 15) is 31.7 Å². The van der Waals surface area contributed by atoms with Gasteiger partial charge in [0.05, 0.1) is 9.82 Å². The van der Waals surface area contributed by atoms with Crippen LogP contribution < -0.4 is 4.72 Å². The average Bonchev–Trinajstić information content (AvgIpc) is 2.35. The second-order valence-corrected chi connectivity index (χ2v) is 5.43. The minimum atomic E-state index is -4.95. The van der Waals surface area contributed by atoms with Gasteiger partial charge < -0.3 is 5.11 Å². The Morgan fingerprint density at radius 3 is 2.20 bits per heavy atom. The Morgan fingerprint density at radius 1 is 1.30 bits per heavy atom. The molecule has 1 aromatic carbocycles. The van der Waals surface area contributed by atoms with Crippen LogP contribution in [0.3, 0.4) is 0 Å². The second-order valence-electron chi connectivity index (χ2n) is 3.66. The van der Waals surface area contributed by atoms with Crippen molar-refractivity contribution in [3.8, 4) is 0 Å². The molecular weight excluding hydrogens is 305 g/mol. The molecule has 0 radical (unpaired) electrons. The number of sulfonamides is 1. The molecule has 20 heavy (non-hydrogen) atoms. The highest BCUT2D eigenvalue weighted by molar-refractivity contribution is 7.89. The maximum atomic E-state index is 12.0. The van der Waals surface area contributed by atoms with Crippen molar-refractivity contribution in [1.29, 1.82) is 0 Å². The van der Waals surface area contributed by atoms with Gasteiger partial charge in [-0.3, -0.25) is 10.1 Å². The summed E-state index contributed by atoms with van der Waals surface area (Å²) in [5, 5.41) is 19.0. The van der Waals surface area contributed by atoms with Crippen molar-refractivity contribution in [3.63, 3.8) is 0 Å². The summed E-state index contributed by atoms with van der Waals surface area (Å²) in [6, 6.07) is 3.55.